The SMILES string of the molecule is C/C(=C\C(=O)OC(CC(=O)O)C[N+](C)(C)C)CC(=O)O. The molecule has 20 heavy (non-hydrogen) atoms. The Bertz CT molecular complexity index is 408. The Balaban J connectivity index is 4.68. The van der Waals surface area contributed by atoms with Crippen molar-refractivity contribution in [3.05, 3.63) is 11.6 Å². The fourth-order valence-corrected chi connectivity index (χ4v) is 1.64. The van der Waals surface area contributed by atoms with E-state index < -0.39 is 24.0 Å². The van der Waals surface area contributed by atoms with Crippen LogP contribution in [-0.4, -0.2) is 66.4 Å². The van der Waals surface area contributed by atoms with Gasteiger partial charge in [0.05, 0.1) is 34.0 Å². The van der Waals surface area contributed by atoms with Crippen molar-refractivity contribution in [1.29, 1.82) is 0 Å². The van der Waals surface area contributed by atoms with E-state index in [2.05, 4.69) is 0 Å². The second-order valence-corrected chi connectivity index (χ2v) is 5.69. The molecule has 0 fully saturated rings. The first-order chi connectivity index (χ1) is 8.99. The lowest BCUT2D eigenvalue weighted by Gasteiger charge is -2.28. The molecule has 0 aliphatic heterocycles. The van der Waals surface area contributed by atoms with E-state index in [1.807, 2.05) is 21.1 Å². The van der Waals surface area contributed by atoms with Gasteiger partial charge in [0, 0.05) is 6.08 Å². The summed E-state index contributed by atoms with van der Waals surface area (Å²) in [6.45, 7) is 1.85. The van der Waals surface area contributed by atoms with Crippen LogP contribution >= 0.6 is 0 Å². The number of aliphatic carboxylic acids is 2. The molecular weight excluding hydrogens is 266 g/mol. The summed E-state index contributed by atoms with van der Waals surface area (Å²) in [4.78, 5) is 32.8. The molecule has 114 valence electrons. The van der Waals surface area contributed by atoms with Crippen LogP contribution in [0.5, 0.6) is 0 Å². The number of rotatable bonds is 8. The molecule has 0 saturated carbocycles. The zero-order valence-corrected chi connectivity index (χ0v) is 12.3. The van der Waals surface area contributed by atoms with Crippen molar-refractivity contribution < 1.29 is 33.8 Å². The molecule has 0 aromatic heterocycles. The largest absolute Gasteiger partial charge is 0.481 e. The average molecular weight is 288 g/mol. The minimum Gasteiger partial charge on any atom is -0.481 e. The molecule has 0 rings (SSSR count). The molecule has 1 unspecified atom stereocenters. The number of carboxylic acids is 2. The molecule has 0 spiro atoms. The Morgan fingerprint density at radius 2 is 1.70 bits per heavy atom. The van der Waals surface area contributed by atoms with Crippen LogP contribution in [0, 0.1) is 0 Å². The predicted molar refractivity (Wildman–Crippen MR) is 71.0 cm³/mol. The summed E-state index contributed by atoms with van der Waals surface area (Å²) in [5.74, 6) is -2.81. The van der Waals surface area contributed by atoms with Gasteiger partial charge in [-0.2, -0.15) is 0 Å². The third-order valence-corrected chi connectivity index (χ3v) is 2.23. The minimum absolute atomic E-state index is 0.256. The Kier molecular flexibility index (Phi) is 6.92. The third kappa shape index (κ3) is 10.1. The Hall–Kier alpha value is -1.89. The molecule has 1 atom stereocenters. The molecule has 0 heterocycles. The molecule has 0 aliphatic rings. The van der Waals surface area contributed by atoms with Crippen molar-refractivity contribution in [2.45, 2.75) is 25.9 Å². The number of quaternary nitrogens is 1. The lowest BCUT2D eigenvalue weighted by Crippen LogP contribution is -2.43. The Labute approximate surface area is 118 Å². The van der Waals surface area contributed by atoms with E-state index >= 15 is 0 Å². The molecule has 7 nitrogen and oxygen atoms in total. The number of hydrogen-bond acceptors (Lipinski definition) is 4. The van der Waals surface area contributed by atoms with Crippen molar-refractivity contribution in [1.82, 2.24) is 0 Å². The number of likely N-dealkylation sites (N-methyl/N-ethyl adjacent to an activating group) is 1. The molecule has 0 amide bonds. The van der Waals surface area contributed by atoms with Gasteiger partial charge in [-0.25, -0.2) is 4.79 Å². The first-order valence-electron chi connectivity index (χ1n) is 6.11. The quantitative estimate of drug-likeness (QED) is 0.383. The second-order valence-electron chi connectivity index (χ2n) is 5.69. The van der Waals surface area contributed by atoms with Crippen molar-refractivity contribution in [3.8, 4) is 0 Å². The van der Waals surface area contributed by atoms with Gasteiger partial charge < -0.3 is 19.4 Å². The van der Waals surface area contributed by atoms with Gasteiger partial charge in [0.15, 0.2) is 6.10 Å². The summed E-state index contributed by atoms with van der Waals surface area (Å²) in [6, 6.07) is 0. The Morgan fingerprint density at radius 3 is 2.10 bits per heavy atom. The van der Waals surface area contributed by atoms with E-state index in [0.29, 0.717) is 16.6 Å². The first-order valence-corrected chi connectivity index (χ1v) is 6.11. The fraction of sp³-hybridized carbons (Fsp3) is 0.615. The van der Waals surface area contributed by atoms with Gasteiger partial charge in [-0.15, -0.1) is 0 Å². The molecule has 2 N–H and O–H groups in total. The van der Waals surface area contributed by atoms with Crippen LogP contribution in [0.2, 0.25) is 0 Å². The molecule has 0 aliphatic carbocycles. The van der Waals surface area contributed by atoms with Gasteiger partial charge in [-0.05, 0) is 6.92 Å². The maximum Gasteiger partial charge on any atom is 0.331 e. The van der Waals surface area contributed by atoms with E-state index in [9.17, 15) is 14.4 Å². The molecule has 0 aromatic rings. The molecule has 7 heteroatoms. The summed E-state index contributed by atoms with van der Waals surface area (Å²) in [7, 11) is 5.57. The van der Waals surface area contributed by atoms with Crippen LogP contribution in [0.15, 0.2) is 11.6 Å². The van der Waals surface area contributed by atoms with Crippen molar-refractivity contribution in [2.75, 3.05) is 27.7 Å². The number of carbonyl (C=O) groups is 3. The number of ether oxygens (including phenoxy) is 1. The van der Waals surface area contributed by atoms with Gasteiger partial charge in [0.25, 0.3) is 0 Å². The van der Waals surface area contributed by atoms with Crippen LogP contribution in [0.4, 0.5) is 0 Å². The summed E-state index contributed by atoms with van der Waals surface area (Å²) in [5.41, 5.74) is 0.349. The van der Waals surface area contributed by atoms with Crippen LogP contribution in [-0.2, 0) is 19.1 Å². The van der Waals surface area contributed by atoms with Crippen LogP contribution in [0.3, 0.4) is 0 Å². The van der Waals surface area contributed by atoms with E-state index in [1.54, 1.807) is 0 Å². The summed E-state index contributed by atoms with van der Waals surface area (Å²) >= 11 is 0. The maximum absolute atomic E-state index is 11.6. The van der Waals surface area contributed by atoms with Crippen LogP contribution in [0.25, 0.3) is 0 Å². The molecule has 0 radical (unpaired) electrons. The van der Waals surface area contributed by atoms with E-state index in [1.165, 1.54) is 6.92 Å². The fourth-order valence-electron chi connectivity index (χ4n) is 1.64. The average Bonchev–Trinajstić information content (AvgIpc) is 2.09. The summed E-state index contributed by atoms with van der Waals surface area (Å²) < 4.78 is 5.53. The smallest absolute Gasteiger partial charge is 0.331 e. The highest BCUT2D eigenvalue weighted by Gasteiger charge is 2.24. The van der Waals surface area contributed by atoms with Crippen molar-refractivity contribution >= 4 is 17.9 Å². The number of hydrogen-bond donors (Lipinski definition) is 2. The zero-order chi connectivity index (χ0) is 15.9. The van der Waals surface area contributed by atoms with Gasteiger partial charge in [-0.1, -0.05) is 5.57 Å². The van der Waals surface area contributed by atoms with Crippen molar-refractivity contribution in [2.24, 2.45) is 0 Å². The number of carboxylic acid groups (broad SMARTS) is 2. The van der Waals surface area contributed by atoms with Gasteiger partial charge in [0.1, 0.15) is 6.54 Å². The van der Waals surface area contributed by atoms with E-state index in [0.717, 1.165) is 6.08 Å². The standard InChI is InChI=1S/C13H21NO6/c1-9(5-11(15)16)6-13(19)20-10(7-12(17)18)8-14(2,3)4/h6,10H,5,7-8H2,1-4H3,(H-,15,16,17,18)/p+1/b9-6+. The predicted octanol–water partition coefficient (Wildman–Crippen LogP) is 0.500. The number of esters is 1. The summed E-state index contributed by atoms with van der Waals surface area (Å²) in [5, 5.41) is 17.4. The van der Waals surface area contributed by atoms with Crippen LogP contribution in [0.1, 0.15) is 19.8 Å². The van der Waals surface area contributed by atoms with E-state index in [4.69, 9.17) is 14.9 Å². The maximum atomic E-state index is 11.6. The molecular formula is C13H22NO6+. The third-order valence-electron chi connectivity index (χ3n) is 2.23. The van der Waals surface area contributed by atoms with Gasteiger partial charge >= 0.3 is 17.9 Å². The summed E-state index contributed by atoms with van der Waals surface area (Å²) in [6.07, 6.45) is -0.214. The first kappa shape index (κ1) is 18.1. The number of carbonyl (C=O) groups excluding carboxylic acids is 1. The van der Waals surface area contributed by atoms with Crippen LogP contribution < -0.4 is 0 Å². The zero-order valence-electron chi connectivity index (χ0n) is 12.3. The Morgan fingerprint density at radius 1 is 1.15 bits per heavy atom. The van der Waals surface area contributed by atoms with E-state index in [-0.39, 0.29) is 12.8 Å². The monoisotopic (exact) mass is 288 g/mol. The molecule has 0 bridgehead atoms. The lowest BCUT2D eigenvalue weighted by atomic mass is 10.2. The lowest BCUT2D eigenvalue weighted by molar-refractivity contribution is -0.873. The highest BCUT2D eigenvalue weighted by atomic mass is 16.5. The normalized spacial score (nSPS) is 13.7. The minimum atomic E-state index is -1.05. The van der Waals surface area contributed by atoms with Gasteiger partial charge in [-0.3, -0.25) is 9.59 Å². The second kappa shape index (κ2) is 7.64. The molecule has 0 saturated heterocycles. The van der Waals surface area contributed by atoms with Gasteiger partial charge in [0.2, 0.25) is 0 Å². The molecule has 0 aromatic carbocycles. The highest BCUT2D eigenvalue weighted by molar-refractivity contribution is 5.84. The number of nitrogens with zero attached hydrogens (tertiary/aromatic N) is 1. The van der Waals surface area contributed by atoms with Crippen molar-refractivity contribution in [3.63, 3.8) is 0 Å². The highest BCUT2D eigenvalue weighted by Crippen LogP contribution is 2.07. The topological polar surface area (TPSA) is 101 Å².